The molecule has 0 aromatic carbocycles. The van der Waals surface area contributed by atoms with Crippen molar-refractivity contribution in [1.82, 2.24) is 0 Å². The van der Waals surface area contributed by atoms with Crippen molar-refractivity contribution >= 4 is 5.97 Å². The van der Waals surface area contributed by atoms with Crippen LogP contribution in [0.4, 0.5) is 0 Å². The average molecular weight is 184 g/mol. The lowest BCUT2D eigenvalue weighted by Crippen LogP contribution is -2.28. The van der Waals surface area contributed by atoms with Gasteiger partial charge in [0.2, 0.25) is 0 Å². The molecule has 0 heterocycles. The highest BCUT2D eigenvalue weighted by Gasteiger charge is 2.31. The van der Waals surface area contributed by atoms with Crippen LogP contribution in [0.3, 0.4) is 0 Å². The Balaban J connectivity index is 4.63. The minimum absolute atomic E-state index is 0.134. The van der Waals surface area contributed by atoms with Crippen LogP contribution in [0.15, 0.2) is 11.6 Å². The summed E-state index contributed by atoms with van der Waals surface area (Å²) in [6.07, 6.45) is 2.89. The van der Waals surface area contributed by atoms with E-state index in [0.717, 1.165) is 12.0 Å². The summed E-state index contributed by atoms with van der Waals surface area (Å²) >= 11 is 0. The number of carbonyl (C=O) groups excluding carboxylic acids is 1. The van der Waals surface area contributed by atoms with Gasteiger partial charge in [-0.2, -0.15) is 0 Å². The van der Waals surface area contributed by atoms with Gasteiger partial charge in [0.1, 0.15) is 0 Å². The molecule has 0 atom stereocenters. The van der Waals surface area contributed by atoms with Gasteiger partial charge in [0, 0.05) is 0 Å². The van der Waals surface area contributed by atoms with Crippen LogP contribution in [0, 0.1) is 5.41 Å². The Morgan fingerprint density at radius 3 is 2.23 bits per heavy atom. The Morgan fingerprint density at radius 2 is 1.92 bits per heavy atom. The Morgan fingerprint density at radius 1 is 1.38 bits per heavy atom. The second-order valence-corrected chi connectivity index (χ2v) is 3.51. The summed E-state index contributed by atoms with van der Waals surface area (Å²) in [6, 6.07) is 0. The van der Waals surface area contributed by atoms with Crippen LogP contribution in [0.2, 0.25) is 0 Å². The van der Waals surface area contributed by atoms with E-state index in [9.17, 15) is 4.79 Å². The Bertz CT molecular complexity index is 202. The van der Waals surface area contributed by atoms with E-state index in [1.165, 1.54) is 0 Å². The van der Waals surface area contributed by atoms with E-state index < -0.39 is 5.41 Å². The van der Waals surface area contributed by atoms with Crippen LogP contribution in [-0.4, -0.2) is 12.6 Å². The molecule has 0 saturated heterocycles. The van der Waals surface area contributed by atoms with Crippen molar-refractivity contribution in [3.05, 3.63) is 11.6 Å². The third-order valence-electron chi connectivity index (χ3n) is 2.32. The SMILES string of the molecule is CC=C(CC)C(C)(C)C(=O)OCC. The molecule has 0 aromatic rings. The van der Waals surface area contributed by atoms with Gasteiger partial charge in [-0.1, -0.05) is 18.6 Å². The van der Waals surface area contributed by atoms with Crippen LogP contribution >= 0.6 is 0 Å². The lowest BCUT2D eigenvalue weighted by Gasteiger charge is -2.24. The molecule has 2 nitrogen and oxygen atoms in total. The van der Waals surface area contributed by atoms with Crippen LogP contribution < -0.4 is 0 Å². The molecular formula is C11H20O2. The molecule has 0 spiro atoms. The summed E-state index contributed by atoms with van der Waals surface area (Å²) < 4.78 is 5.01. The molecule has 0 unspecified atom stereocenters. The van der Waals surface area contributed by atoms with Gasteiger partial charge in [-0.25, -0.2) is 0 Å². The fourth-order valence-corrected chi connectivity index (χ4v) is 1.45. The minimum Gasteiger partial charge on any atom is -0.465 e. The Kier molecular flexibility index (Phi) is 4.74. The molecule has 0 amide bonds. The third kappa shape index (κ3) is 2.87. The first kappa shape index (κ1) is 12.2. The maximum atomic E-state index is 11.6. The predicted molar refractivity (Wildman–Crippen MR) is 54.5 cm³/mol. The number of esters is 1. The molecule has 0 aliphatic heterocycles. The average Bonchev–Trinajstić information content (AvgIpc) is 2.06. The zero-order valence-electron chi connectivity index (χ0n) is 9.31. The molecule has 0 aliphatic carbocycles. The first-order valence-corrected chi connectivity index (χ1v) is 4.83. The minimum atomic E-state index is -0.473. The van der Waals surface area contributed by atoms with Gasteiger partial charge in [-0.3, -0.25) is 4.79 Å². The first-order valence-electron chi connectivity index (χ1n) is 4.83. The van der Waals surface area contributed by atoms with Crippen LogP contribution in [-0.2, 0) is 9.53 Å². The Labute approximate surface area is 81.0 Å². The molecule has 0 N–H and O–H groups in total. The van der Waals surface area contributed by atoms with Crippen LogP contribution in [0.1, 0.15) is 41.0 Å². The summed E-state index contributed by atoms with van der Waals surface area (Å²) in [5.41, 5.74) is 0.658. The van der Waals surface area contributed by atoms with Gasteiger partial charge in [0.05, 0.1) is 12.0 Å². The zero-order valence-corrected chi connectivity index (χ0v) is 9.31. The summed E-state index contributed by atoms with van der Waals surface area (Å²) in [5, 5.41) is 0. The summed E-state index contributed by atoms with van der Waals surface area (Å²) in [4.78, 5) is 11.6. The van der Waals surface area contributed by atoms with Gasteiger partial charge in [-0.15, -0.1) is 0 Å². The standard InChI is InChI=1S/C11H20O2/c1-6-9(7-2)11(4,5)10(12)13-8-3/h6H,7-8H2,1-5H3. The van der Waals surface area contributed by atoms with Crippen molar-refractivity contribution in [2.75, 3.05) is 6.61 Å². The van der Waals surface area contributed by atoms with Gasteiger partial charge >= 0.3 is 5.97 Å². The van der Waals surface area contributed by atoms with Gasteiger partial charge in [0.25, 0.3) is 0 Å². The van der Waals surface area contributed by atoms with Crippen molar-refractivity contribution < 1.29 is 9.53 Å². The van der Waals surface area contributed by atoms with Crippen molar-refractivity contribution in [3.63, 3.8) is 0 Å². The summed E-state index contributed by atoms with van der Waals surface area (Å²) in [6.45, 7) is 10.1. The lowest BCUT2D eigenvalue weighted by molar-refractivity contribution is -0.151. The first-order chi connectivity index (χ1) is 6.00. The van der Waals surface area contributed by atoms with Gasteiger partial charge in [-0.05, 0) is 34.1 Å². The normalized spacial score (nSPS) is 12.8. The van der Waals surface area contributed by atoms with E-state index in [4.69, 9.17) is 4.74 Å². The monoisotopic (exact) mass is 184 g/mol. The number of allylic oxidation sites excluding steroid dienone is 1. The molecule has 0 radical (unpaired) electrons. The van der Waals surface area contributed by atoms with Crippen molar-refractivity contribution in [1.29, 1.82) is 0 Å². The van der Waals surface area contributed by atoms with Crippen molar-refractivity contribution in [2.45, 2.75) is 41.0 Å². The maximum Gasteiger partial charge on any atom is 0.315 e. The number of hydrogen-bond acceptors (Lipinski definition) is 2. The molecule has 0 aliphatic rings. The molecule has 0 saturated carbocycles. The fourth-order valence-electron chi connectivity index (χ4n) is 1.45. The molecule has 0 fully saturated rings. The van der Waals surface area contributed by atoms with Crippen LogP contribution in [0.5, 0.6) is 0 Å². The summed E-state index contributed by atoms with van der Waals surface area (Å²) in [5.74, 6) is -0.134. The second kappa shape index (κ2) is 5.05. The summed E-state index contributed by atoms with van der Waals surface area (Å²) in [7, 11) is 0. The lowest BCUT2D eigenvalue weighted by atomic mass is 9.82. The fraction of sp³-hybridized carbons (Fsp3) is 0.727. The Hall–Kier alpha value is -0.790. The van der Waals surface area contributed by atoms with Crippen molar-refractivity contribution in [3.8, 4) is 0 Å². The largest absolute Gasteiger partial charge is 0.465 e. The molecular weight excluding hydrogens is 164 g/mol. The molecule has 0 rings (SSSR count). The molecule has 0 bridgehead atoms. The van der Waals surface area contributed by atoms with Crippen molar-refractivity contribution in [2.24, 2.45) is 5.41 Å². The van der Waals surface area contributed by atoms with E-state index in [2.05, 4.69) is 6.92 Å². The highest BCUT2D eigenvalue weighted by Crippen LogP contribution is 2.29. The molecule has 13 heavy (non-hydrogen) atoms. The van der Waals surface area contributed by atoms with E-state index in [1.807, 2.05) is 33.8 Å². The zero-order chi connectivity index (χ0) is 10.5. The quantitative estimate of drug-likeness (QED) is 0.496. The number of carbonyl (C=O) groups is 1. The van der Waals surface area contributed by atoms with E-state index in [-0.39, 0.29) is 5.97 Å². The van der Waals surface area contributed by atoms with Crippen LogP contribution in [0.25, 0.3) is 0 Å². The number of ether oxygens (including phenoxy) is 1. The second-order valence-electron chi connectivity index (χ2n) is 3.51. The smallest absolute Gasteiger partial charge is 0.315 e. The maximum absolute atomic E-state index is 11.6. The van der Waals surface area contributed by atoms with E-state index in [0.29, 0.717) is 6.61 Å². The topological polar surface area (TPSA) is 26.3 Å². The number of rotatable bonds is 4. The molecule has 76 valence electrons. The van der Waals surface area contributed by atoms with E-state index >= 15 is 0 Å². The molecule has 2 heteroatoms. The predicted octanol–water partition coefficient (Wildman–Crippen LogP) is 2.93. The third-order valence-corrected chi connectivity index (χ3v) is 2.32. The highest BCUT2D eigenvalue weighted by atomic mass is 16.5. The van der Waals surface area contributed by atoms with E-state index in [1.54, 1.807) is 0 Å². The van der Waals surface area contributed by atoms with Gasteiger partial charge in [0.15, 0.2) is 0 Å². The number of hydrogen-bond donors (Lipinski definition) is 0. The highest BCUT2D eigenvalue weighted by molar-refractivity contribution is 5.79. The van der Waals surface area contributed by atoms with Gasteiger partial charge < -0.3 is 4.74 Å². The molecule has 0 aromatic heterocycles.